The number of thiophene rings is 1. The Hall–Kier alpha value is -3.90. The summed E-state index contributed by atoms with van der Waals surface area (Å²) in [4.78, 5) is 13.3. The Morgan fingerprint density at radius 2 is 1.90 bits per heavy atom. The summed E-state index contributed by atoms with van der Waals surface area (Å²) in [6, 6.07) is 18.0. The second-order valence-corrected chi connectivity index (χ2v) is 11.9. The number of nitrogens with zero attached hydrogens (tertiary/aromatic N) is 1. The van der Waals surface area contributed by atoms with E-state index in [0.29, 0.717) is 52.0 Å². The van der Waals surface area contributed by atoms with Gasteiger partial charge in [0.25, 0.3) is 0 Å². The van der Waals surface area contributed by atoms with Crippen LogP contribution in [-0.4, -0.2) is 19.2 Å². The summed E-state index contributed by atoms with van der Waals surface area (Å²) in [7, 11) is 0. The molecule has 1 aliphatic heterocycles. The number of benzene rings is 3. The molecular weight excluding hydrogens is 595 g/mol. The molecule has 3 aromatic carbocycles. The maximum atomic E-state index is 13.1. The van der Waals surface area contributed by atoms with Crippen LogP contribution in [0, 0.1) is 17.2 Å². The highest BCUT2D eigenvalue weighted by Crippen LogP contribution is 2.45. The van der Waals surface area contributed by atoms with E-state index in [1.807, 2.05) is 25.1 Å². The van der Waals surface area contributed by atoms with Crippen molar-refractivity contribution in [3.05, 3.63) is 92.1 Å². The van der Waals surface area contributed by atoms with E-state index in [2.05, 4.69) is 19.9 Å². The Morgan fingerprint density at radius 3 is 2.64 bits per heavy atom. The number of ether oxygens (including phenoxy) is 4. The summed E-state index contributed by atoms with van der Waals surface area (Å²) in [5, 5.41) is 11.6. The molecule has 0 fully saturated rings. The van der Waals surface area contributed by atoms with E-state index < -0.39 is 11.9 Å². The third kappa shape index (κ3) is 6.00. The van der Waals surface area contributed by atoms with Crippen molar-refractivity contribution < 1.29 is 23.7 Å². The average Bonchev–Trinajstić information content (AvgIpc) is 3.28. The predicted molar refractivity (Wildman–Crippen MR) is 165 cm³/mol. The number of carbonyl (C=O) groups excluding carboxylic acids is 1. The first-order valence-electron chi connectivity index (χ1n) is 13.4. The van der Waals surface area contributed by atoms with E-state index in [9.17, 15) is 10.1 Å². The van der Waals surface area contributed by atoms with Gasteiger partial charge in [0.2, 0.25) is 5.88 Å². The number of rotatable bonds is 9. The van der Waals surface area contributed by atoms with E-state index in [1.165, 1.54) is 11.3 Å². The van der Waals surface area contributed by atoms with Crippen LogP contribution in [0.4, 0.5) is 0 Å². The summed E-state index contributed by atoms with van der Waals surface area (Å²) in [6.07, 6.45) is 0.912. The number of hydrogen-bond acceptors (Lipinski definition) is 8. The Labute approximate surface area is 258 Å². The molecule has 0 radical (unpaired) electrons. The van der Waals surface area contributed by atoms with Gasteiger partial charge >= 0.3 is 5.97 Å². The topological polar surface area (TPSA) is 104 Å². The van der Waals surface area contributed by atoms with Crippen molar-refractivity contribution in [2.75, 3.05) is 13.2 Å². The Kier molecular flexibility index (Phi) is 8.83. The van der Waals surface area contributed by atoms with Gasteiger partial charge in [-0.05, 0) is 55.2 Å². The van der Waals surface area contributed by atoms with Crippen molar-refractivity contribution in [2.24, 2.45) is 11.7 Å². The number of halogens is 2. The van der Waals surface area contributed by atoms with Crippen molar-refractivity contribution >= 4 is 50.6 Å². The summed E-state index contributed by atoms with van der Waals surface area (Å²) in [6.45, 7) is 7.19. The summed E-state index contributed by atoms with van der Waals surface area (Å²) < 4.78 is 24.2. The minimum absolute atomic E-state index is 0.0295. The highest BCUT2D eigenvalue weighted by molar-refractivity contribution is 7.21. The van der Waals surface area contributed by atoms with Gasteiger partial charge in [0.05, 0.1) is 24.2 Å². The predicted octanol–water partition coefficient (Wildman–Crippen LogP) is 8.47. The quantitative estimate of drug-likeness (QED) is 0.147. The molecule has 1 unspecified atom stereocenters. The monoisotopic (exact) mass is 622 g/mol. The van der Waals surface area contributed by atoms with E-state index in [1.54, 1.807) is 36.4 Å². The lowest BCUT2D eigenvalue weighted by Crippen LogP contribution is -2.21. The van der Waals surface area contributed by atoms with Crippen LogP contribution in [0.5, 0.6) is 23.0 Å². The number of nitriles is 1. The number of carbonyl (C=O) groups is 1. The summed E-state index contributed by atoms with van der Waals surface area (Å²) >= 11 is 13.8. The third-order valence-electron chi connectivity index (χ3n) is 6.73. The fourth-order valence-corrected chi connectivity index (χ4v) is 6.32. The van der Waals surface area contributed by atoms with Crippen LogP contribution in [0.15, 0.2) is 66.1 Å². The van der Waals surface area contributed by atoms with Gasteiger partial charge in [-0.1, -0.05) is 55.2 Å². The van der Waals surface area contributed by atoms with Gasteiger partial charge in [0, 0.05) is 26.7 Å². The van der Waals surface area contributed by atoms with E-state index in [0.717, 1.165) is 22.1 Å². The van der Waals surface area contributed by atoms with Crippen LogP contribution in [0.1, 0.15) is 53.9 Å². The van der Waals surface area contributed by atoms with Crippen LogP contribution >= 0.6 is 34.5 Å². The summed E-state index contributed by atoms with van der Waals surface area (Å²) in [5.41, 5.74) is 7.94. The van der Waals surface area contributed by atoms with E-state index >= 15 is 0 Å². The molecule has 4 aromatic rings. The van der Waals surface area contributed by atoms with Crippen molar-refractivity contribution in [2.45, 2.75) is 33.1 Å². The zero-order valence-electron chi connectivity index (χ0n) is 23.2. The van der Waals surface area contributed by atoms with Crippen LogP contribution < -0.4 is 24.7 Å². The first-order chi connectivity index (χ1) is 20.2. The standard InChI is InChI=1S/C32H28Cl2N2O5S/c1-4-38-26-13-18(5-10-24(26)39-12-11-17(2)3)28-21-9-7-20(15-25(21)41-31(36)23(28)16-35)40-32(37)30-29(34)22-8-6-19(33)14-27(22)42-30/h5-10,13-15,17,28H,4,11-12,36H2,1-3H3. The molecule has 0 aliphatic carbocycles. The van der Waals surface area contributed by atoms with Gasteiger partial charge < -0.3 is 24.7 Å². The molecule has 1 aliphatic rings. The molecule has 10 heteroatoms. The first-order valence-corrected chi connectivity index (χ1v) is 15.0. The number of nitrogens with two attached hydrogens (primary N) is 1. The van der Waals surface area contributed by atoms with E-state index in [4.69, 9.17) is 47.9 Å². The third-order valence-corrected chi connectivity index (χ3v) is 8.60. The van der Waals surface area contributed by atoms with Crippen LogP contribution in [0.3, 0.4) is 0 Å². The lowest BCUT2D eigenvalue weighted by molar-refractivity contribution is 0.0740. The largest absolute Gasteiger partial charge is 0.490 e. The van der Waals surface area contributed by atoms with Gasteiger partial charge in [-0.3, -0.25) is 0 Å². The van der Waals surface area contributed by atoms with E-state index in [-0.39, 0.29) is 22.1 Å². The highest BCUT2D eigenvalue weighted by atomic mass is 35.5. The molecule has 216 valence electrons. The molecule has 0 saturated carbocycles. The van der Waals surface area contributed by atoms with Crippen molar-refractivity contribution in [3.8, 4) is 29.1 Å². The maximum absolute atomic E-state index is 13.1. The molecule has 0 bridgehead atoms. The lowest BCUT2D eigenvalue weighted by Gasteiger charge is -2.27. The zero-order valence-corrected chi connectivity index (χ0v) is 25.5. The highest BCUT2D eigenvalue weighted by Gasteiger charge is 2.32. The molecular formula is C32H28Cl2N2O5S. The van der Waals surface area contributed by atoms with Crippen LogP contribution in [0.2, 0.25) is 10.0 Å². The maximum Gasteiger partial charge on any atom is 0.355 e. The second-order valence-electron chi connectivity index (χ2n) is 10.1. The molecule has 0 saturated heterocycles. The minimum atomic E-state index is -0.611. The summed E-state index contributed by atoms with van der Waals surface area (Å²) in [5.74, 6) is 1.15. The molecule has 7 nitrogen and oxygen atoms in total. The number of hydrogen-bond donors (Lipinski definition) is 1. The fourth-order valence-electron chi connectivity index (χ4n) is 4.66. The first kappa shape index (κ1) is 29.6. The number of esters is 1. The normalized spacial score (nSPS) is 14.4. The Morgan fingerprint density at radius 1 is 1.10 bits per heavy atom. The van der Waals surface area contributed by atoms with Crippen molar-refractivity contribution in [1.29, 1.82) is 5.26 Å². The Bertz CT molecular complexity index is 1740. The lowest BCUT2D eigenvalue weighted by atomic mass is 9.83. The molecule has 2 heterocycles. The molecule has 0 spiro atoms. The van der Waals surface area contributed by atoms with Crippen LogP contribution in [-0.2, 0) is 0 Å². The minimum Gasteiger partial charge on any atom is -0.490 e. The molecule has 0 amide bonds. The smallest absolute Gasteiger partial charge is 0.355 e. The van der Waals surface area contributed by atoms with Gasteiger partial charge in [-0.25, -0.2) is 4.79 Å². The van der Waals surface area contributed by atoms with Gasteiger partial charge in [0.1, 0.15) is 28.0 Å². The zero-order chi connectivity index (χ0) is 30.0. The van der Waals surface area contributed by atoms with Crippen LogP contribution in [0.25, 0.3) is 10.1 Å². The van der Waals surface area contributed by atoms with Crippen molar-refractivity contribution in [1.82, 2.24) is 0 Å². The number of fused-ring (bicyclic) bond motifs is 2. The van der Waals surface area contributed by atoms with Gasteiger partial charge in [-0.2, -0.15) is 5.26 Å². The molecule has 1 aromatic heterocycles. The van der Waals surface area contributed by atoms with Crippen molar-refractivity contribution in [3.63, 3.8) is 0 Å². The molecule has 42 heavy (non-hydrogen) atoms. The second kappa shape index (κ2) is 12.5. The number of allylic oxidation sites excluding steroid dienone is 1. The Balaban J connectivity index is 1.45. The molecule has 2 N–H and O–H groups in total. The SMILES string of the molecule is CCOc1cc(C2C(C#N)=C(N)Oc3cc(OC(=O)c4sc5cc(Cl)ccc5c4Cl)ccc32)ccc1OCCC(C)C. The average molecular weight is 624 g/mol. The van der Waals surface area contributed by atoms with Gasteiger partial charge in [0.15, 0.2) is 11.5 Å². The fraction of sp³-hybridized carbons (Fsp3) is 0.250. The molecule has 1 atom stereocenters. The molecule has 5 rings (SSSR count). The van der Waals surface area contributed by atoms with Gasteiger partial charge in [-0.15, -0.1) is 11.3 Å².